The molecular weight excluding hydrogens is 366 g/mol. The van der Waals surface area contributed by atoms with Crippen molar-refractivity contribution in [3.63, 3.8) is 0 Å². The van der Waals surface area contributed by atoms with Crippen LogP contribution in [-0.4, -0.2) is 34.0 Å². The van der Waals surface area contributed by atoms with Crippen molar-refractivity contribution >= 4 is 27.2 Å². The first-order valence-corrected chi connectivity index (χ1v) is 11.0. The van der Waals surface area contributed by atoms with Gasteiger partial charge in [0, 0.05) is 12.7 Å². The molecule has 4 nitrogen and oxygen atoms in total. The minimum absolute atomic E-state index is 0.743. The molecule has 5 rings (SSSR count). The van der Waals surface area contributed by atoms with Gasteiger partial charge in [0.05, 0.1) is 6.61 Å². The van der Waals surface area contributed by atoms with Gasteiger partial charge in [-0.05, 0) is 67.4 Å². The molecule has 1 aliphatic rings. The first-order chi connectivity index (χ1) is 13.9. The summed E-state index contributed by atoms with van der Waals surface area (Å²) in [5, 5.41) is 2.09. The van der Waals surface area contributed by atoms with Crippen molar-refractivity contribution in [1.82, 2.24) is 14.3 Å². The third kappa shape index (κ3) is 3.64. The smallest absolute Gasteiger partial charge is 0.238 e. The number of hydrogen-bond acceptors (Lipinski definition) is 4. The van der Waals surface area contributed by atoms with Crippen LogP contribution in [0.4, 0.5) is 0 Å². The van der Waals surface area contributed by atoms with E-state index in [1.165, 1.54) is 36.3 Å². The molecule has 0 spiro atoms. The fourth-order valence-corrected chi connectivity index (χ4v) is 5.00. The van der Waals surface area contributed by atoms with Crippen molar-refractivity contribution < 1.29 is 4.74 Å². The molecule has 28 heavy (non-hydrogen) atoms. The lowest BCUT2D eigenvalue weighted by Gasteiger charge is -2.32. The maximum Gasteiger partial charge on any atom is 0.238 e. The second kappa shape index (κ2) is 7.94. The van der Waals surface area contributed by atoms with Gasteiger partial charge in [-0.15, -0.1) is 11.3 Å². The van der Waals surface area contributed by atoms with Crippen molar-refractivity contribution in [1.29, 1.82) is 0 Å². The summed E-state index contributed by atoms with van der Waals surface area (Å²) in [7, 11) is 0. The maximum absolute atomic E-state index is 6.14. The van der Waals surface area contributed by atoms with Gasteiger partial charge >= 0.3 is 0 Å². The number of aromatic nitrogens is 2. The molecule has 0 saturated carbocycles. The second-order valence-electron chi connectivity index (χ2n) is 7.63. The highest BCUT2D eigenvalue weighted by Gasteiger charge is 2.19. The number of ether oxygens (including phenoxy) is 1. The standard InChI is InChI=1S/C23H25N3OS/c1-2-5-19(6-3-1)17-25-13-8-18(9-14-25)10-15-27-22-21-7-4-12-26(21)23-20(24-22)11-16-28-23/h1-7,11-12,16,18H,8-10,13-15,17H2. The molecule has 0 aliphatic carbocycles. The summed E-state index contributed by atoms with van der Waals surface area (Å²) >= 11 is 1.72. The second-order valence-corrected chi connectivity index (χ2v) is 8.53. The van der Waals surface area contributed by atoms with Crippen LogP contribution in [0.3, 0.4) is 0 Å². The number of hydrogen-bond donors (Lipinski definition) is 0. The van der Waals surface area contributed by atoms with E-state index in [9.17, 15) is 0 Å². The summed E-state index contributed by atoms with van der Waals surface area (Å²) in [6.07, 6.45) is 5.71. The number of nitrogens with zero attached hydrogens (tertiary/aromatic N) is 3. The average Bonchev–Trinajstić information content (AvgIpc) is 3.39. The molecule has 1 aromatic carbocycles. The third-order valence-electron chi connectivity index (χ3n) is 5.75. The van der Waals surface area contributed by atoms with E-state index in [2.05, 4.69) is 69.4 Å². The quantitative estimate of drug-likeness (QED) is 0.451. The topological polar surface area (TPSA) is 29.8 Å². The third-order valence-corrected chi connectivity index (χ3v) is 6.66. The first kappa shape index (κ1) is 17.7. The molecule has 0 amide bonds. The molecule has 0 atom stereocenters. The predicted molar refractivity (Wildman–Crippen MR) is 115 cm³/mol. The lowest BCUT2D eigenvalue weighted by atomic mass is 9.93. The van der Waals surface area contributed by atoms with Crippen LogP contribution in [-0.2, 0) is 6.54 Å². The summed E-state index contributed by atoms with van der Waals surface area (Å²) in [6, 6.07) is 17.0. The maximum atomic E-state index is 6.14. The molecule has 4 aromatic rings. The van der Waals surface area contributed by atoms with Crippen molar-refractivity contribution in [2.75, 3.05) is 19.7 Å². The van der Waals surface area contributed by atoms with E-state index in [4.69, 9.17) is 9.72 Å². The Morgan fingerprint density at radius 1 is 1.04 bits per heavy atom. The molecular formula is C23H25N3OS. The summed E-state index contributed by atoms with van der Waals surface area (Å²) in [4.78, 5) is 8.49. The highest BCUT2D eigenvalue weighted by Crippen LogP contribution is 2.28. The minimum atomic E-state index is 0.743. The van der Waals surface area contributed by atoms with Gasteiger partial charge in [-0.2, -0.15) is 0 Å². The van der Waals surface area contributed by atoms with Gasteiger partial charge in [0.2, 0.25) is 5.88 Å². The van der Waals surface area contributed by atoms with E-state index in [0.717, 1.165) is 42.4 Å². The monoisotopic (exact) mass is 391 g/mol. The number of likely N-dealkylation sites (tertiary alicyclic amines) is 1. The van der Waals surface area contributed by atoms with Crippen LogP contribution in [0, 0.1) is 5.92 Å². The zero-order chi connectivity index (χ0) is 18.8. The van der Waals surface area contributed by atoms with Crippen LogP contribution < -0.4 is 4.74 Å². The van der Waals surface area contributed by atoms with E-state index in [1.54, 1.807) is 11.3 Å². The molecule has 0 N–H and O–H groups in total. The number of benzene rings is 1. The van der Waals surface area contributed by atoms with E-state index in [1.807, 2.05) is 0 Å². The van der Waals surface area contributed by atoms with E-state index in [0.29, 0.717) is 0 Å². The molecule has 0 radical (unpaired) electrons. The van der Waals surface area contributed by atoms with Gasteiger partial charge in [0.1, 0.15) is 15.9 Å². The van der Waals surface area contributed by atoms with Crippen molar-refractivity contribution in [3.8, 4) is 5.88 Å². The molecule has 4 heterocycles. The Morgan fingerprint density at radius 3 is 2.75 bits per heavy atom. The number of fused-ring (bicyclic) bond motifs is 3. The van der Waals surface area contributed by atoms with Gasteiger partial charge in [0.25, 0.3) is 0 Å². The summed E-state index contributed by atoms with van der Waals surface area (Å²) in [6.45, 7) is 4.18. The summed E-state index contributed by atoms with van der Waals surface area (Å²) < 4.78 is 8.32. The molecule has 1 aliphatic heterocycles. The minimum Gasteiger partial charge on any atom is -0.476 e. The Balaban J connectivity index is 1.15. The van der Waals surface area contributed by atoms with E-state index in [-0.39, 0.29) is 0 Å². The summed E-state index contributed by atoms with van der Waals surface area (Å²) in [5.41, 5.74) is 3.49. The molecule has 1 fully saturated rings. The Bertz CT molecular complexity index is 1050. The van der Waals surface area contributed by atoms with Crippen molar-refractivity contribution in [3.05, 3.63) is 65.7 Å². The molecule has 1 saturated heterocycles. The lowest BCUT2D eigenvalue weighted by molar-refractivity contribution is 0.157. The fourth-order valence-electron chi connectivity index (χ4n) is 4.16. The summed E-state index contributed by atoms with van der Waals surface area (Å²) in [5.74, 6) is 1.51. The highest BCUT2D eigenvalue weighted by atomic mass is 32.1. The van der Waals surface area contributed by atoms with Crippen molar-refractivity contribution in [2.45, 2.75) is 25.8 Å². The predicted octanol–water partition coefficient (Wildman–Crippen LogP) is 5.23. The normalized spacial score (nSPS) is 16.1. The first-order valence-electron chi connectivity index (χ1n) is 10.1. The van der Waals surface area contributed by atoms with Crippen LogP contribution in [0.25, 0.3) is 15.9 Å². The fraction of sp³-hybridized carbons (Fsp3) is 0.348. The van der Waals surface area contributed by atoms with Crippen LogP contribution >= 0.6 is 11.3 Å². The van der Waals surface area contributed by atoms with Gasteiger partial charge in [-0.1, -0.05) is 30.3 Å². The van der Waals surface area contributed by atoms with Gasteiger partial charge in [0.15, 0.2) is 0 Å². The Morgan fingerprint density at radius 2 is 1.89 bits per heavy atom. The lowest BCUT2D eigenvalue weighted by Crippen LogP contribution is -2.33. The van der Waals surface area contributed by atoms with E-state index >= 15 is 0 Å². The Labute approximate surface area is 169 Å². The Kier molecular flexibility index (Phi) is 5.02. The average molecular weight is 392 g/mol. The van der Waals surface area contributed by atoms with Crippen LogP contribution in [0.15, 0.2) is 60.1 Å². The van der Waals surface area contributed by atoms with Gasteiger partial charge in [-0.25, -0.2) is 4.98 Å². The van der Waals surface area contributed by atoms with Crippen LogP contribution in [0.5, 0.6) is 5.88 Å². The molecule has 144 valence electrons. The highest BCUT2D eigenvalue weighted by molar-refractivity contribution is 7.16. The van der Waals surface area contributed by atoms with Crippen LogP contribution in [0.2, 0.25) is 0 Å². The zero-order valence-electron chi connectivity index (χ0n) is 16.0. The van der Waals surface area contributed by atoms with Crippen molar-refractivity contribution in [2.24, 2.45) is 5.92 Å². The molecule has 3 aromatic heterocycles. The van der Waals surface area contributed by atoms with Crippen LogP contribution in [0.1, 0.15) is 24.8 Å². The molecule has 5 heteroatoms. The largest absolute Gasteiger partial charge is 0.476 e. The van der Waals surface area contributed by atoms with Gasteiger partial charge < -0.3 is 9.14 Å². The number of thiophene rings is 1. The van der Waals surface area contributed by atoms with E-state index < -0.39 is 0 Å². The number of piperidine rings is 1. The van der Waals surface area contributed by atoms with Gasteiger partial charge in [-0.3, -0.25) is 4.90 Å². The zero-order valence-corrected chi connectivity index (χ0v) is 16.8. The molecule has 0 bridgehead atoms. The number of rotatable bonds is 6. The molecule has 0 unspecified atom stereocenters. The SMILES string of the molecule is c1ccc(CN2CCC(CCOc3nc4ccsc4n4cccc34)CC2)cc1. The Hall–Kier alpha value is -2.37.